The lowest BCUT2D eigenvalue weighted by atomic mass is 10.0. The Morgan fingerprint density at radius 3 is 1.97 bits per heavy atom. The third-order valence-corrected chi connectivity index (χ3v) is 7.44. The first kappa shape index (κ1) is 27.0. The topological polar surface area (TPSA) is 92.8 Å². The molecule has 1 atom stereocenters. The van der Waals surface area contributed by atoms with E-state index in [1.54, 1.807) is 32.0 Å². The molecule has 0 aliphatic carbocycles. The Morgan fingerprint density at radius 2 is 1.50 bits per heavy atom. The molecule has 2 aromatic rings. The highest BCUT2D eigenvalue weighted by atomic mass is 79.9. The summed E-state index contributed by atoms with van der Waals surface area (Å²) in [7, 11) is 0. The molecule has 3 rings (SSSR count). The maximum absolute atomic E-state index is 13.1. The second-order valence-corrected chi connectivity index (χ2v) is 10.3. The molecule has 3 amide bonds. The number of carbonyl (C=O) groups is 4. The molecule has 0 saturated heterocycles. The molecule has 0 saturated carbocycles. The Balaban J connectivity index is 1.81. The van der Waals surface area contributed by atoms with Crippen LogP contribution in [0.5, 0.6) is 0 Å². The zero-order valence-electron chi connectivity index (χ0n) is 17.4. The molecular formula is C21H14BrCl5N2O5. The SMILES string of the molecule is CC(C)[C@H](C(=O)OCC(=O)Nc1ccc(Br)cc1Cl)N1C(=O)c2c(Cl)c(Cl)c(Cl)c(Cl)c2C1=O. The number of hydrogen-bond donors (Lipinski definition) is 1. The standard InChI is InChI=1S/C21H14BrCl5N2O5/c1-7(2)18(21(33)34-6-11(30)28-10-4-3-8(22)5-9(10)23)29-19(31)12-13(20(29)32)15(25)17(27)16(26)14(12)24/h3-5,7,18H,6H2,1-2H3,(H,28,30)/t18-/m1/s1. The van der Waals surface area contributed by atoms with Gasteiger partial charge >= 0.3 is 5.97 Å². The van der Waals surface area contributed by atoms with Crippen LogP contribution in [0.4, 0.5) is 5.69 Å². The van der Waals surface area contributed by atoms with Crippen molar-refractivity contribution in [2.75, 3.05) is 11.9 Å². The molecule has 0 spiro atoms. The van der Waals surface area contributed by atoms with E-state index in [2.05, 4.69) is 21.2 Å². The Kier molecular flexibility index (Phi) is 8.43. The fourth-order valence-corrected chi connectivity index (χ4v) is 5.03. The molecule has 1 N–H and O–H groups in total. The van der Waals surface area contributed by atoms with Gasteiger partial charge in [-0.25, -0.2) is 4.79 Å². The lowest BCUT2D eigenvalue weighted by Gasteiger charge is -2.27. The lowest BCUT2D eigenvalue weighted by molar-refractivity contribution is -0.152. The summed E-state index contributed by atoms with van der Waals surface area (Å²) in [6.45, 7) is 2.51. The van der Waals surface area contributed by atoms with E-state index >= 15 is 0 Å². The molecule has 1 heterocycles. The Bertz CT molecular complexity index is 1190. The minimum atomic E-state index is -1.37. The van der Waals surface area contributed by atoms with Gasteiger partial charge in [0.15, 0.2) is 6.61 Å². The number of fused-ring (bicyclic) bond motifs is 1. The van der Waals surface area contributed by atoms with E-state index in [1.165, 1.54) is 0 Å². The summed E-state index contributed by atoms with van der Waals surface area (Å²) < 4.78 is 5.82. The second kappa shape index (κ2) is 10.6. The fraction of sp³-hybridized carbons (Fsp3) is 0.238. The van der Waals surface area contributed by atoms with Crippen LogP contribution in [0.2, 0.25) is 25.1 Å². The molecule has 34 heavy (non-hydrogen) atoms. The van der Waals surface area contributed by atoms with Crippen molar-refractivity contribution in [1.82, 2.24) is 4.90 Å². The van der Waals surface area contributed by atoms with E-state index in [0.717, 1.165) is 0 Å². The quantitative estimate of drug-likeness (QED) is 0.170. The van der Waals surface area contributed by atoms with Crippen LogP contribution in [-0.2, 0) is 14.3 Å². The molecule has 0 bridgehead atoms. The van der Waals surface area contributed by atoms with Crippen LogP contribution < -0.4 is 5.32 Å². The first-order valence-corrected chi connectivity index (χ1v) is 12.2. The number of nitrogens with zero attached hydrogens (tertiary/aromatic N) is 1. The fourth-order valence-electron chi connectivity index (χ4n) is 3.29. The number of hydrogen-bond acceptors (Lipinski definition) is 5. The zero-order chi connectivity index (χ0) is 25.5. The number of halogens is 6. The highest BCUT2D eigenvalue weighted by molar-refractivity contribution is 9.10. The smallest absolute Gasteiger partial charge is 0.330 e. The Morgan fingerprint density at radius 1 is 0.971 bits per heavy atom. The number of carbonyl (C=O) groups excluding carboxylic acids is 4. The van der Waals surface area contributed by atoms with Crippen molar-refractivity contribution < 1.29 is 23.9 Å². The summed E-state index contributed by atoms with van der Waals surface area (Å²) >= 11 is 33.7. The monoisotopic (exact) mass is 628 g/mol. The number of imide groups is 1. The third-order valence-electron chi connectivity index (χ3n) is 4.83. The summed E-state index contributed by atoms with van der Waals surface area (Å²) in [4.78, 5) is 52.0. The maximum atomic E-state index is 13.1. The number of nitrogens with one attached hydrogen (secondary N) is 1. The molecule has 0 fully saturated rings. The van der Waals surface area contributed by atoms with Crippen molar-refractivity contribution >= 4 is 103 Å². The van der Waals surface area contributed by atoms with Gasteiger partial charge in [-0.15, -0.1) is 0 Å². The van der Waals surface area contributed by atoms with Crippen LogP contribution in [-0.4, -0.2) is 41.2 Å². The van der Waals surface area contributed by atoms with Crippen LogP contribution >= 0.6 is 73.9 Å². The van der Waals surface area contributed by atoms with Crippen LogP contribution in [0, 0.1) is 5.92 Å². The Labute approximate surface area is 227 Å². The molecule has 0 aromatic heterocycles. The van der Waals surface area contributed by atoms with Gasteiger partial charge < -0.3 is 10.1 Å². The van der Waals surface area contributed by atoms with Gasteiger partial charge in [-0.2, -0.15) is 0 Å². The maximum Gasteiger partial charge on any atom is 0.330 e. The van der Waals surface area contributed by atoms with Crippen molar-refractivity contribution in [3.8, 4) is 0 Å². The summed E-state index contributed by atoms with van der Waals surface area (Å²) in [6, 6.07) is 3.43. The normalized spacial score (nSPS) is 13.9. The average Bonchev–Trinajstić information content (AvgIpc) is 3.02. The molecule has 180 valence electrons. The molecular weight excluding hydrogens is 617 g/mol. The number of esters is 1. The van der Waals surface area contributed by atoms with E-state index in [-0.39, 0.29) is 36.2 Å². The van der Waals surface area contributed by atoms with Crippen molar-refractivity contribution in [2.24, 2.45) is 5.92 Å². The minimum absolute atomic E-state index is 0.193. The van der Waals surface area contributed by atoms with Crippen LogP contribution in [0.15, 0.2) is 22.7 Å². The third kappa shape index (κ3) is 5.03. The van der Waals surface area contributed by atoms with Gasteiger partial charge in [0.05, 0.1) is 41.9 Å². The number of rotatable bonds is 6. The van der Waals surface area contributed by atoms with Gasteiger partial charge in [0.1, 0.15) is 6.04 Å². The minimum Gasteiger partial charge on any atom is -0.454 e. The molecule has 0 unspecified atom stereocenters. The van der Waals surface area contributed by atoms with E-state index in [4.69, 9.17) is 62.7 Å². The number of anilines is 1. The summed E-state index contributed by atoms with van der Waals surface area (Å²) in [6.07, 6.45) is 0. The highest BCUT2D eigenvalue weighted by Gasteiger charge is 2.48. The van der Waals surface area contributed by atoms with Crippen molar-refractivity contribution in [3.05, 3.63) is 58.9 Å². The molecule has 7 nitrogen and oxygen atoms in total. The summed E-state index contributed by atoms with van der Waals surface area (Å²) in [5.41, 5.74) is -0.205. The van der Waals surface area contributed by atoms with Gasteiger partial charge in [0, 0.05) is 4.47 Å². The molecule has 1 aliphatic heterocycles. The van der Waals surface area contributed by atoms with Crippen molar-refractivity contribution in [1.29, 1.82) is 0 Å². The van der Waals surface area contributed by atoms with E-state index in [9.17, 15) is 19.2 Å². The second-order valence-electron chi connectivity index (χ2n) is 7.46. The largest absolute Gasteiger partial charge is 0.454 e. The first-order valence-electron chi connectivity index (χ1n) is 9.52. The van der Waals surface area contributed by atoms with E-state index < -0.39 is 42.3 Å². The van der Waals surface area contributed by atoms with Crippen molar-refractivity contribution in [2.45, 2.75) is 19.9 Å². The number of benzene rings is 2. The number of ether oxygens (including phenoxy) is 1. The van der Waals surface area contributed by atoms with Gasteiger partial charge in [-0.05, 0) is 24.1 Å². The van der Waals surface area contributed by atoms with Gasteiger partial charge in [-0.1, -0.05) is 87.8 Å². The first-order chi connectivity index (χ1) is 15.9. The van der Waals surface area contributed by atoms with Gasteiger partial charge in [-0.3, -0.25) is 19.3 Å². The average molecular weight is 632 g/mol. The molecule has 2 aromatic carbocycles. The number of amides is 3. The molecule has 0 radical (unpaired) electrons. The summed E-state index contributed by atoms with van der Waals surface area (Å²) in [5, 5.41) is 1.88. The van der Waals surface area contributed by atoms with E-state index in [1.807, 2.05) is 0 Å². The zero-order valence-corrected chi connectivity index (χ0v) is 22.7. The van der Waals surface area contributed by atoms with Gasteiger partial charge in [0.2, 0.25) is 0 Å². The lowest BCUT2D eigenvalue weighted by Crippen LogP contribution is -2.49. The van der Waals surface area contributed by atoms with Crippen LogP contribution in [0.25, 0.3) is 0 Å². The van der Waals surface area contributed by atoms with Gasteiger partial charge in [0.25, 0.3) is 17.7 Å². The van der Waals surface area contributed by atoms with Crippen LogP contribution in [0.3, 0.4) is 0 Å². The predicted molar refractivity (Wildman–Crippen MR) is 134 cm³/mol. The Hall–Kier alpha value is -1.55. The molecule has 1 aliphatic rings. The molecule has 13 heteroatoms. The predicted octanol–water partition coefficient (Wildman–Crippen LogP) is 6.52. The summed E-state index contributed by atoms with van der Waals surface area (Å²) in [5.74, 6) is -4.00. The highest BCUT2D eigenvalue weighted by Crippen LogP contribution is 2.45. The van der Waals surface area contributed by atoms with E-state index in [0.29, 0.717) is 15.1 Å². The van der Waals surface area contributed by atoms with Crippen molar-refractivity contribution in [3.63, 3.8) is 0 Å². The van der Waals surface area contributed by atoms with Crippen LogP contribution in [0.1, 0.15) is 34.6 Å².